The van der Waals surface area contributed by atoms with Crippen LogP contribution in [0, 0.1) is 23.3 Å². The minimum absolute atomic E-state index is 0.0447. The molecule has 186 valence electrons. The molecule has 7 nitrogen and oxygen atoms in total. The SMILES string of the molecule is Cc1nc2cc(F)c(Br)cn2c1CN1C(=O)[C@@H](C)Oc2c(F)cc(-c3cccc(S(C)(=N)=O)c3)cc21. The molecule has 0 spiro atoms. The van der Waals surface area contributed by atoms with Crippen molar-refractivity contribution in [2.24, 2.45) is 0 Å². The van der Waals surface area contributed by atoms with Crippen LogP contribution in [-0.4, -0.2) is 31.9 Å². The molecule has 1 aliphatic heterocycles. The Bertz CT molecular complexity index is 1670. The second kappa shape index (κ2) is 8.67. The number of carbonyl (C=O) groups is 1. The van der Waals surface area contributed by atoms with Gasteiger partial charge in [-0.1, -0.05) is 12.1 Å². The summed E-state index contributed by atoms with van der Waals surface area (Å²) >= 11 is 3.19. The number of anilines is 1. The normalized spacial score (nSPS) is 17.1. The molecule has 2 atom stereocenters. The van der Waals surface area contributed by atoms with E-state index in [4.69, 9.17) is 9.52 Å². The second-order valence-corrected chi connectivity index (χ2v) is 11.7. The summed E-state index contributed by atoms with van der Waals surface area (Å²) in [6.07, 6.45) is 1.94. The Morgan fingerprint density at radius 3 is 2.64 bits per heavy atom. The van der Waals surface area contributed by atoms with Crippen LogP contribution in [0.15, 0.2) is 58.0 Å². The van der Waals surface area contributed by atoms with Gasteiger partial charge in [-0.25, -0.2) is 22.8 Å². The van der Waals surface area contributed by atoms with E-state index < -0.39 is 27.5 Å². The quantitative estimate of drug-likeness (QED) is 0.338. The summed E-state index contributed by atoms with van der Waals surface area (Å²) in [6.45, 7) is 3.35. The van der Waals surface area contributed by atoms with Gasteiger partial charge in [0.05, 0.1) is 37.8 Å². The molecule has 0 radical (unpaired) electrons. The van der Waals surface area contributed by atoms with Gasteiger partial charge in [0.1, 0.15) is 11.5 Å². The molecule has 1 aliphatic rings. The topological polar surface area (TPSA) is 87.8 Å². The fraction of sp³-hybridized carbons (Fsp3) is 0.200. The summed E-state index contributed by atoms with van der Waals surface area (Å²) in [4.78, 5) is 19.4. The monoisotopic (exact) mass is 574 g/mol. The highest BCUT2D eigenvalue weighted by Crippen LogP contribution is 2.41. The van der Waals surface area contributed by atoms with Crippen LogP contribution in [0.1, 0.15) is 18.3 Å². The van der Waals surface area contributed by atoms with Gasteiger partial charge in [0.15, 0.2) is 17.7 Å². The third kappa shape index (κ3) is 4.16. The average molecular weight is 575 g/mol. The minimum Gasteiger partial charge on any atom is -0.476 e. The zero-order valence-electron chi connectivity index (χ0n) is 19.5. The van der Waals surface area contributed by atoms with Crippen molar-refractivity contribution in [2.75, 3.05) is 11.2 Å². The Hall–Kier alpha value is -3.31. The van der Waals surface area contributed by atoms with Crippen molar-refractivity contribution >= 4 is 42.9 Å². The van der Waals surface area contributed by atoms with E-state index in [-0.39, 0.29) is 28.4 Å². The molecule has 1 amide bonds. The molecular formula is C25H21BrF2N4O3S. The van der Waals surface area contributed by atoms with Crippen molar-refractivity contribution in [3.63, 3.8) is 0 Å². The largest absolute Gasteiger partial charge is 0.476 e. The molecule has 2 aromatic carbocycles. The number of nitrogens with zero attached hydrogens (tertiary/aromatic N) is 3. The van der Waals surface area contributed by atoms with E-state index in [0.29, 0.717) is 33.1 Å². The Labute approximate surface area is 214 Å². The summed E-state index contributed by atoms with van der Waals surface area (Å²) < 4.78 is 57.0. The van der Waals surface area contributed by atoms with Crippen LogP contribution < -0.4 is 9.64 Å². The molecular weight excluding hydrogens is 554 g/mol. The predicted octanol–water partition coefficient (Wildman–Crippen LogP) is 5.70. The fourth-order valence-corrected chi connectivity index (χ4v) is 5.26. The number of amides is 1. The van der Waals surface area contributed by atoms with Gasteiger partial charge in [-0.15, -0.1) is 0 Å². The summed E-state index contributed by atoms with van der Waals surface area (Å²) in [7, 11) is -2.98. The number of hydrogen-bond donors (Lipinski definition) is 1. The summed E-state index contributed by atoms with van der Waals surface area (Å²) in [6, 6.07) is 10.8. The zero-order valence-corrected chi connectivity index (χ0v) is 21.9. The van der Waals surface area contributed by atoms with Crippen molar-refractivity contribution in [3.05, 3.63) is 76.2 Å². The summed E-state index contributed by atoms with van der Waals surface area (Å²) in [5.74, 6) is -1.54. The van der Waals surface area contributed by atoms with Crippen molar-refractivity contribution < 1.29 is 22.5 Å². The Kier molecular flexibility index (Phi) is 5.87. The highest BCUT2D eigenvalue weighted by molar-refractivity contribution is 9.10. The molecule has 0 fully saturated rings. The van der Waals surface area contributed by atoms with E-state index in [0.717, 1.165) is 0 Å². The number of aromatic nitrogens is 2. The van der Waals surface area contributed by atoms with Crippen LogP contribution in [0.25, 0.3) is 16.8 Å². The number of fused-ring (bicyclic) bond motifs is 2. The molecule has 0 saturated carbocycles. The van der Waals surface area contributed by atoms with Gasteiger partial charge in [-0.05, 0) is 65.2 Å². The lowest BCUT2D eigenvalue weighted by molar-refractivity contribution is -0.125. The number of pyridine rings is 1. The number of halogens is 3. The standard InChI is InChI=1S/C25H21BrF2N4O3S/c1-13-22(31-11-18(26)19(27)10-23(31)30-13)12-32-21-9-16(8-20(28)24(21)35-14(2)25(32)33)15-5-4-6-17(7-15)36(3,29)34/h4-11,14,29H,12H2,1-3H3/t14-,36?/m1/s1. The number of imidazole rings is 1. The van der Waals surface area contributed by atoms with E-state index in [9.17, 15) is 13.4 Å². The Morgan fingerprint density at radius 2 is 1.92 bits per heavy atom. The van der Waals surface area contributed by atoms with Gasteiger partial charge < -0.3 is 9.14 Å². The second-order valence-electron chi connectivity index (χ2n) is 8.70. The van der Waals surface area contributed by atoms with Crippen LogP contribution in [0.3, 0.4) is 0 Å². The number of benzene rings is 2. The highest BCUT2D eigenvalue weighted by Gasteiger charge is 2.35. The van der Waals surface area contributed by atoms with Crippen LogP contribution in [0.5, 0.6) is 5.75 Å². The zero-order chi connectivity index (χ0) is 25.9. The molecule has 0 aliphatic carbocycles. The van der Waals surface area contributed by atoms with Gasteiger partial charge >= 0.3 is 0 Å². The average Bonchev–Trinajstić information content (AvgIpc) is 3.11. The molecule has 5 rings (SSSR count). The molecule has 1 N–H and O–H groups in total. The van der Waals surface area contributed by atoms with Crippen LogP contribution in [0.4, 0.5) is 14.5 Å². The molecule has 11 heteroatoms. The smallest absolute Gasteiger partial charge is 0.268 e. The van der Waals surface area contributed by atoms with Crippen molar-refractivity contribution in [1.82, 2.24) is 9.38 Å². The summed E-state index contributed by atoms with van der Waals surface area (Å²) in [5, 5.41) is 0. The maximum atomic E-state index is 15.3. The number of hydrogen-bond acceptors (Lipinski definition) is 5. The van der Waals surface area contributed by atoms with Gasteiger partial charge in [0.25, 0.3) is 5.91 Å². The third-order valence-corrected chi connectivity index (χ3v) is 7.85. The van der Waals surface area contributed by atoms with Crippen molar-refractivity contribution in [1.29, 1.82) is 4.78 Å². The maximum Gasteiger partial charge on any atom is 0.268 e. The Morgan fingerprint density at radius 1 is 1.17 bits per heavy atom. The fourth-order valence-electron chi connectivity index (χ4n) is 4.26. The number of aryl methyl sites for hydroxylation is 1. The van der Waals surface area contributed by atoms with E-state index in [1.165, 1.54) is 23.3 Å². The number of nitrogens with one attached hydrogen (secondary N) is 1. The van der Waals surface area contributed by atoms with Crippen molar-refractivity contribution in [3.8, 4) is 16.9 Å². The first-order chi connectivity index (χ1) is 16.9. The molecule has 4 aromatic rings. The van der Waals surface area contributed by atoms with E-state index in [1.54, 1.807) is 54.8 Å². The first-order valence-corrected chi connectivity index (χ1v) is 13.7. The third-order valence-electron chi connectivity index (χ3n) is 6.11. The van der Waals surface area contributed by atoms with Gasteiger partial charge in [-0.2, -0.15) is 0 Å². The molecule has 0 bridgehead atoms. The van der Waals surface area contributed by atoms with Crippen LogP contribution in [-0.2, 0) is 21.1 Å². The van der Waals surface area contributed by atoms with Gasteiger partial charge in [0, 0.05) is 23.4 Å². The van der Waals surface area contributed by atoms with E-state index >= 15 is 4.39 Å². The molecule has 0 saturated heterocycles. The predicted molar refractivity (Wildman–Crippen MR) is 136 cm³/mol. The van der Waals surface area contributed by atoms with Crippen molar-refractivity contribution in [2.45, 2.75) is 31.4 Å². The van der Waals surface area contributed by atoms with Gasteiger partial charge in [0.2, 0.25) is 0 Å². The van der Waals surface area contributed by atoms with Crippen LogP contribution >= 0.6 is 15.9 Å². The lowest BCUT2D eigenvalue weighted by Crippen LogP contribution is -2.44. The first kappa shape index (κ1) is 24.4. The summed E-state index contributed by atoms with van der Waals surface area (Å²) in [5.41, 5.74) is 2.83. The van der Waals surface area contributed by atoms with E-state index in [2.05, 4.69) is 20.9 Å². The lowest BCUT2D eigenvalue weighted by Gasteiger charge is -2.33. The number of rotatable bonds is 4. The van der Waals surface area contributed by atoms with Gasteiger partial charge in [-0.3, -0.25) is 9.69 Å². The molecule has 3 heterocycles. The van der Waals surface area contributed by atoms with E-state index in [1.807, 2.05) is 0 Å². The maximum absolute atomic E-state index is 15.3. The first-order valence-electron chi connectivity index (χ1n) is 10.9. The van der Waals surface area contributed by atoms with Crippen LogP contribution in [0.2, 0.25) is 0 Å². The molecule has 36 heavy (non-hydrogen) atoms. The number of ether oxygens (including phenoxy) is 1. The molecule has 1 unspecified atom stereocenters. The lowest BCUT2D eigenvalue weighted by atomic mass is 10.0. The minimum atomic E-state index is -2.98. The highest BCUT2D eigenvalue weighted by atomic mass is 79.9. The Balaban J connectivity index is 1.65. The number of carbonyl (C=O) groups excluding carboxylic acids is 1. The molecule has 2 aromatic heterocycles.